The molecule has 2 aliphatic rings. The van der Waals surface area contributed by atoms with E-state index in [4.69, 9.17) is 4.74 Å². The van der Waals surface area contributed by atoms with Crippen molar-refractivity contribution in [1.82, 2.24) is 0 Å². The Morgan fingerprint density at radius 3 is 2.58 bits per heavy atom. The molecule has 26 heavy (non-hydrogen) atoms. The van der Waals surface area contributed by atoms with Crippen LogP contribution in [-0.2, 0) is 5.41 Å². The van der Waals surface area contributed by atoms with Crippen molar-refractivity contribution in [3.63, 3.8) is 0 Å². The molecule has 0 radical (unpaired) electrons. The minimum Gasteiger partial charge on any atom is -0.508 e. The number of phenols is 1. The zero-order valence-electron chi connectivity index (χ0n) is 15.2. The van der Waals surface area contributed by atoms with Gasteiger partial charge in [0.15, 0.2) is 0 Å². The topological polar surface area (TPSA) is 32.7 Å². The zero-order chi connectivity index (χ0) is 18.1. The quantitative estimate of drug-likeness (QED) is 0.618. The monoisotopic (exact) mass is 343 g/mol. The van der Waals surface area contributed by atoms with Gasteiger partial charge in [0.05, 0.1) is 5.41 Å². The molecular formula is C23H21NO2. The first-order valence-electron chi connectivity index (χ1n) is 8.91. The molecule has 0 aliphatic carbocycles. The van der Waals surface area contributed by atoms with Crippen molar-refractivity contribution < 1.29 is 9.84 Å². The third kappa shape index (κ3) is 1.73. The number of anilines is 1. The van der Waals surface area contributed by atoms with Crippen LogP contribution < -0.4 is 9.64 Å². The lowest BCUT2D eigenvalue weighted by Gasteiger charge is -2.46. The second-order valence-electron chi connectivity index (χ2n) is 7.72. The van der Waals surface area contributed by atoms with Gasteiger partial charge in [-0.15, -0.1) is 0 Å². The molecule has 2 aliphatic heterocycles. The number of benzene rings is 3. The highest BCUT2D eigenvalue weighted by molar-refractivity contribution is 5.95. The van der Waals surface area contributed by atoms with Gasteiger partial charge in [-0.1, -0.05) is 30.3 Å². The van der Waals surface area contributed by atoms with Crippen LogP contribution in [0.1, 0.15) is 25.0 Å². The summed E-state index contributed by atoms with van der Waals surface area (Å²) < 4.78 is 6.70. The molecule has 2 heterocycles. The van der Waals surface area contributed by atoms with Crippen molar-refractivity contribution in [1.29, 1.82) is 0 Å². The number of rotatable bonds is 0. The van der Waals surface area contributed by atoms with Gasteiger partial charge in [-0.3, -0.25) is 0 Å². The Hall–Kier alpha value is -2.94. The van der Waals surface area contributed by atoms with Gasteiger partial charge in [0, 0.05) is 18.3 Å². The van der Waals surface area contributed by atoms with Crippen LogP contribution in [0.2, 0.25) is 0 Å². The van der Waals surface area contributed by atoms with E-state index in [2.05, 4.69) is 68.3 Å². The summed E-state index contributed by atoms with van der Waals surface area (Å²) in [6.45, 7) is 4.47. The summed E-state index contributed by atoms with van der Waals surface area (Å²) in [5.41, 5.74) is 2.72. The lowest BCUT2D eigenvalue weighted by Crippen LogP contribution is -2.58. The van der Waals surface area contributed by atoms with E-state index >= 15 is 0 Å². The van der Waals surface area contributed by atoms with Gasteiger partial charge in [0.2, 0.25) is 5.72 Å². The van der Waals surface area contributed by atoms with Crippen LogP contribution in [0.4, 0.5) is 5.69 Å². The number of phenolic OH excluding ortho intramolecular Hbond substituents is 1. The molecule has 3 aromatic rings. The number of aromatic hydroxyl groups is 1. The van der Waals surface area contributed by atoms with Crippen molar-refractivity contribution >= 4 is 22.5 Å². The number of fused-ring (bicyclic) bond motifs is 4. The minimum absolute atomic E-state index is 0.208. The number of nitrogens with zero attached hydrogens (tertiary/aromatic N) is 1. The fraction of sp³-hybridized carbons (Fsp3) is 0.217. The maximum atomic E-state index is 9.91. The molecule has 0 saturated heterocycles. The van der Waals surface area contributed by atoms with Gasteiger partial charge in [-0.25, -0.2) is 0 Å². The van der Waals surface area contributed by atoms with Gasteiger partial charge in [0.1, 0.15) is 11.5 Å². The summed E-state index contributed by atoms with van der Waals surface area (Å²) >= 11 is 0. The van der Waals surface area contributed by atoms with Gasteiger partial charge >= 0.3 is 0 Å². The van der Waals surface area contributed by atoms with Crippen molar-refractivity contribution in [3.8, 4) is 11.5 Å². The van der Waals surface area contributed by atoms with Gasteiger partial charge < -0.3 is 14.7 Å². The molecule has 1 spiro atoms. The van der Waals surface area contributed by atoms with E-state index in [0.717, 1.165) is 22.1 Å². The summed E-state index contributed by atoms with van der Waals surface area (Å²) in [7, 11) is 2.09. The molecule has 130 valence electrons. The standard InChI is InChI=1S/C23H21NO2/c1-22(2)19-6-4-5-7-20(19)24(3)23(22)13-12-17-18-14-16(25)10-8-15(18)9-11-21(17)26-23/h4-14,25H,1-3H3. The first kappa shape index (κ1) is 15.3. The van der Waals surface area contributed by atoms with Crippen LogP contribution in [0.3, 0.4) is 0 Å². The number of likely N-dealkylation sites (N-methyl/N-ethyl adjacent to an activating group) is 1. The molecular weight excluding hydrogens is 322 g/mol. The molecule has 0 aromatic heterocycles. The maximum absolute atomic E-state index is 9.91. The Balaban J connectivity index is 1.72. The van der Waals surface area contributed by atoms with Crippen LogP contribution in [0.25, 0.3) is 16.8 Å². The summed E-state index contributed by atoms with van der Waals surface area (Å²) in [5, 5.41) is 12.0. The molecule has 1 unspecified atom stereocenters. The SMILES string of the molecule is CN1c2ccccc2C(C)(C)C12C=Cc1c(ccc3ccc(O)cc13)O2. The summed E-state index contributed by atoms with van der Waals surface area (Å²) in [6, 6.07) is 18.0. The second kappa shape index (κ2) is 4.82. The van der Waals surface area contributed by atoms with E-state index in [1.807, 2.05) is 12.1 Å². The predicted octanol–water partition coefficient (Wildman–Crippen LogP) is 5.07. The molecule has 0 amide bonds. The summed E-state index contributed by atoms with van der Waals surface area (Å²) in [4.78, 5) is 2.23. The molecule has 3 nitrogen and oxygen atoms in total. The Bertz CT molecular complexity index is 1080. The Morgan fingerprint density at radius 1 is 1.00 bits per heavy atom. The number of hydrogen-bond acceptors (Lipinski definition) is 3. The average molecular weight is 343 g/mol. The summed E-state index contributed by atoms with van der Waals surface area (Å²) in [6.07, 6.45) is 4.31. The largest absolute Gasteiger partial charge is 0.508 e. The van der Waals surface area contributed by atoms with Crippen LogP contribution in [0.5, 0.6) is 11.5 Å². The smallest absolute Gasteiger partial charge is 0.211 e. The highest BCUT2D eigenvalue weighted by Gasteiger charge is 2.57. The van der Waals surface area contributed by atoms with Crippen molar-refractivity contribution in [2.45, 2.75) is 25.0 Å². The third-order valence-electron chi connectivity index (χ3n) is 6.08. The van der Waals surface area contributed by atoms with E-state index in [-0.39, 0.29) is 11.2 Å². The maximum Gasteiger partial charge on any atom is 0.211 e. The molecule has 3 aromatic carbocycles. The number of hydrogen-bond donors (Lipinski definition) is 1. The molecule has 0 bridgehead atoms. The first-order valence-corrected chi connectivity index (χ1v) is 8.91. The van der Waals surface area contributed by atoms with E-state index in [1.54, 1.807) is 12.1 Å². The van der Waals surface area contributed by atoms with E-state index in [9.17, 15) is 5.11 Å². The van der Waals surface area contributed by atoms with E-state index in [0.29, 0.717) is 0 Å². The predicted molar refractivity (Wildman–Crippen MR) is 106 cm³/mol. The number of ether oxygens (including phenoxy) is 1. The Kier molecular flexibility index (Phi) is 2.84. The normalized spacial score (nSPS) is 22.3. The summed E-state index contributed by atoms with van der Waals surface area (Å²) in [5.74, 6) is 1.11. The van der Waals surface area contributed by atoms with Crippen LogP contribution in [0, 0.1) is 0 Å². The highest BCUT2D eigenvalue weighted by atomic mass is 16.5. The van der Waals surface area contributed by atoms with E-state index < -0.39 is 5.72 Å². The zero-order valence-corrected chi connectivity index (χ0v) is 15.2. The van der Waals surface area contributed by atoms with Gasteiger partial charge in [-0.2, -0.15) is 0 Å². The lowest BCUT2D eigenvalue weighted by atomic mass is 9.76. The van der Waals surface area contributed by atoms with Crippen LogP contribution >= 0.6 is 0 Å². The third-order valence-corrected chi connectivity index (χ3v) is 6.08. The lowest BCUT2D eigenvalue weighted by molar-refractivity contribution is 0.0584. The van der Waals surface area contributed by atoms with Crippen molar-refractivity contribution in [2.24, 2.45) is 0 Å². The van der Waals surface area contributed by atoms with Crippen molar-refractivity contribution in [2.75, 3.05) is 11.9 Å². The molecule has 0 saturated carbocycles. The molecule has 1 atom stereocenters. The van der Waals surface area contributed by atoms with Crippen molar-refractivity contribution in [3.05, 3.63) is 71.8 Å². The molecule has 3 heteroatoms. The first-order chi connectivity index (χ1) is 12.4. The second-order valence-corrected chi connectivity index (χ2v) is 7.72. The number of para-hydroxylation sites is 1. The van der Waals surface area contributed by atoms with Crippen LogP contribution in [0.15, 0.2) is 60.7 Å². The fourth-order valence-corrected chi connectivity index (χ4v) is 4.57. The fourth-order valence-electron chi connectivity index (χ4n) is 4.57. The molecule has 1 N–H and O–H groups in total. The Labute approximate surface area is 153 Å². The Morgan fingerprint density at radius 2 is 1.77 bits per heavy atom. The molecule has 5 rings (SSSR count). The van der Waals surface area contributed by atoms with E-state index in [1.165, 1.54) is 11.3 Å². The van der Waals surface area contributed by atoms with Gasteiger partial charge in [0.25, 0.3) is 0 Å². The highest BCUT2D eigenvalue weighted by Crippen LogP contribution is 2.54. The molecule has 0 fully saturated rings. The average Bonchev–Trinajstić information content (AvgIpc) is 2.80. The van der Waals surface area contributed by atoms with Gasteiger partial charge in [-0.05, 0) is 66.6 Å². The van der Waals surface area contributed by atoms with Crippen LogP contribution in [-0.4, -0.2) is 17.9 Å². The minimum atomic E-state index is -0.575.